The fraction of sp³-hybridized carbons (Fsp3) is 0.174. The van der Waals surface area contributed by atoms with E-state index in [0.717, 1.165) is 10.8 Å². The first-order chi connectivity index (χ1) is 14.0. The summed E-state index contributed by atoms with van der Waals surface area (Å²) in [6, 6.07) is 17.1. The van der Waals surface area contributed by atoms with E-state index < -0.39 is 12.0 Å². The smallest absolute Gasteiger partial charge is 0.340 e. The Balaban J connectivity index is 1.63. The lowest BCUT2D eigenvalue weighted by molar-refractivity contribution is -0.117. The quantitative estimate of drug-likeness (QED) is 0.670. The zero-order chi connectivity index (χ0) is 20.5. The van der Waals surface area contributed by atoms with Gasteiger partial charge in [-0.2, -0.15) is 0 Å². The van der Waals surface area contributed by atoms with Crippen LogP contribution < -0.4 is 10.2 Å². The third-order valence-corrected chi connectivity index (χ3v) is 5.04. The minimum Gasteiger partial charge on any atom is -0.462 e. The maximum Gasteiger partial charge on any atom is 0.340 e. The van der Waals surface area contributed by atoms with E-state index in [-0.39, 0.29) is 24.0 Å². The molecule has 1 aliphatic heterocycles. The lowest BCUT2D eigenvalue weighted by Crippen LogP contribution is -2.44. The van der Waals surface area contributed by atoms with Gasteiger partial charge in [-0.25, -0.2) is 4.79 Å². The second-order valence-corrected chi connectivity index (χ2v) is 6.79. The maximum atomic E-state index is 13.0. The van der Waals surface area contributed by atoms with Crippen molar-refractivity contribution in [3.8, 4) is 0 Å². The van der Waals surface area contributed by atoms with E-state index in [9.17, 15) is 14.4 Å². The van der Waals surface area contributed by atoms with E-state index in [1.807, 2.05) is 30.3 Å². The summed E-state index contributed by atoms with van der Waals surface area (Å²) in [7, 11) is 0. The normalized spacial score (nSPS) is 13.4. The van der Waals surface area contributed by atoms with Crippen molar-refractivity contribution < 1.29 is 19.1 Å². The lowest BCUT2D eigenvalue weighted by Gasteiger charge is -2.25. The van der Waals surface area contributed by atoms with E-state index in [2.05, 4.69) is 5.32 Å². The number of carbonyl (C=O) groups is 3. The van der Waals surface area contributed by atoms with Gasteiger partial charge < -0.3 is 10.1 Å². The van der Waals surface area contributed by atoms with Crippen molar-refractivity contribution in [2.24, 2.45) is 0 Å². The van der Waals surface area contributed by atoms with Crippen LogP contribution in [0.1, 0.15) is 34.6 Å². The molecular formula is C23H20N2O4. The summed E-state index contributed by atoms with van der Waals surface area (Å²) in [5.41, 5.74) is 1.92. The van der Waals surface area contributed by atoms with Gasteiger partial charge >= 0.3 is 5.97 Å². The van der Waals surface area contributed by atoms with Crippen molar-refractivity contribution in [1.29, 1.82) is 0 Å². The van der Waals surface area contributed by atoms with Crippen LogP contribution in [0.15, 0.2) is 60.7 Å². The SMILES string of the molecule is CCOC(=O)c1ccccc1NC(=O)[C@H](C)N1C(=O)c2cccc3cccc1c23. The molecule has 3 aromatic carbocycles. The first-order valence-electron chi connectivity index (χ1n) is 9.45. The van der Waals surface area contributed by atoms with E-state index in [4.69, 9.17) is 4.74 Å². The molecule has 0 saturated heterocycles. The Kier molecular flexibility index (Phi) is 4.76. The number of amides is 2. The first-order valence-corrected chi connectivity index (χ1v) is 9.45. The number of ether oxygens (including phenoxy) is 1. The van der Waals surface area contributed by atoms with Crippen molar-refractivity contribution in [1.82, 2.24) is 0 Å². The fourth-order valence-corrected chi connectivity index (χ4v) is 3.66. The molecule has 0 spiro atoms. The number of esters is 1. The van der Waals surface area contributed by atoms with Crippen LogP contribution in [0.5, 0.6) is 0 Å². The van der Waals surface area contributed by atoms with Crippen LogP contribution in [0.2, 0.25) is 0 Å². The van der Waals surface area contributed by atoms with Gasteiger partial charge in [0.1, 0.15) is 6.04 Å². The molecule has 0 bridgehead atoms. The molecule has 6 nitrogen and oxygen atoms in total. The zero-order valence-corrected chi connectivity index (χ0v) is 16.1. The molecule has 0 aliphatic carbocycles. The highest BCUT2D eigenvalue weighted by Gasteiger charge is 2.36. The number of benzene rings is 3. The Labute approximate surface area is 168 Å². The Morgan fingerprint density at radius 2 is 1.76 bits per heavy atom. The van der Waals surface area contributed by atoms with Gasteiger partial charge in [-0.3, -0.25) is 14.5 Å². The molecule has 0 saturated carbocycles. The molecule has 0 fully saturated rings. The predicted molar refractivity (Wildman–Crippen MR) is 111 cm³/mol. The number of anilines is 2. The Hall–Kier alpha value is -3.67. The molecule has 2 amide bonds. The van der Waals surface area contributed by atoms with Crippen LogP contribution in [-0.4, -0.2) is 30.4 Å². The molecule has 29 heavy (non-hydrogen) atoms. The summed E-state index contributed by atoms with van der Waals surface area (Å²) >= 11 is 0. The molecule has 3 aromatic rings. The van der Waals surface area contributed by atoms with Gasteiger partial charge in [0.25, 0.3) is 5.91 Å². The number of hydrogen-bond acceptors (Lipinski definition) is 4. The van der Waals surface area contributed by atoms with Crippen LogP contribution in [0.3, 0.4) is 0 Å². The average molecular weight is 388 g/mol. The van der Waals surface area contributed by atoms with Crippen LogP contribution >= 0.6 is 0 Å². The monoisotopic (exact) mass is 388 g/mol. The minimum absolute atomic E-state index is 0.210. The largest absolute Gasteiger partial charge is 0.462 e. The number of rotatable bonds is 5. The fourth-order valence-electron chi connectivity index (χ4n) is 3.66. The molecule has 1 N–H and O–H groups in total. The number of nitrogens with one attached hydrogen (secondary N) is 1. The summed E-state index contributed by atoms with van der Waals surface area (Å²) in [6.45, 7) is 3.63. The molecule has 0 aromatic heterocycles. The van der Waals surface area contributed by atoms with Crippen molar-refractivity contribution in [2.45, 2.75) is 19.9 Å². The van der Waals surface area contributed by atoms with Gasteiger partial charge in [0.2, 0.25) is 5.91 Å². The van der Waals surface area contributed by atoms with Crippen molar-refractivity contribution in [2.75, 3.05) is 16.8 Å². The van der Waals surface area contributed by atoms with Crippen molar-refractivity contribution in [3.05, 3.63) is 71.8 Å². The molecular weight excluding hydrogens is 368 g/mol. The second-order valence-electron chi connectivity index (χ2n) is 6.79. The van der Waals surface area contributed by atoms with E-state index in [1.165, 1.54) is 4.90 Å². The molecule has 0 radical (unpaired) electrons. The Morgan fingerprint density at radius 3 is 2.52 bits per heavy atom. The number of hydrogen-bond donors (Lipinski definition) is 1. The average Bonchev–Trinajstić information content (AvgIpc) is 3.02. The van der Waals surface area contributed by atoms with E-state index in [0.29, 0.717) is 16.9 Å². The highest BCUT2D eigenvalue weighted by Crippen LogP contribution is 2.38. The molecule has 1 atom stereocenters. The highest BCUT2D eigenvalue weighted by molar-refractivity contribution is 6.27. The van der Waals surface area contributed by atoms with Crippen LogP contribution in [-0.2, 0) is 9.53 Å². The zero-order valence-electron chi connectivity index (χ0n) is 16.1. The van der Waals surface area contributed by atoms with Gasteiger partial charge in [-0.1, -0.05) is 36.4 Å². The predicted octanol–water partition coefficient (Wildman–Crippen LogP) is 4.00. The number of carbonyl (C=O) groups excluding carboxylic acids is 3. The summed E-state index contributed by atoms with van der Waals surface area (Å²) in [5, 5.41) is 4.58. The van der Waals surface area contributed by atoms with Crippen LogP contribution in [0, 0.1) is 0 Å². The van der Waals surface area contributed by atoms with Crippen molar-refractivity contribution >= 4 is 39.9 Å². The summed E-state index contributed by atoms with van der Waals surface area (Å²) in [5.74, 6) is -1.11. The first kappa shape index (κ1) is 18.7. The van der Waals surface area contributed by atoms with Crippen LogP contribution in [0.25, 0.3) is 10.8 Å². The topological polar surface area (TPSA) is 75.7 Å². The Morgan fingerprint density at radius 1 is 1.03 bits per heavy atom. The summed E-state index contributed by atoms with van der Waals surface area (Å²) in [6.07, 6.45) is 0. The molecule has 0 unspecified atom stereocenters. The van der Waals surface area contributed by atoms with E-state index in [1.54, 1.807) is 44.2 Å². The Bertz CT molecular complexity index is 1130. The standard InChI is InChI=1S/C23H20N2O4/c1-3-29-23(28)16-10-4-5-12-18(16)24-21(26)14(2)25-19-13-7-9-15-8-6-11-17(20(15)19)22(25)27/h4-14H,3H2,1-2H3,(H,24,26)/t14-/m0/s1. The molecule has 6 heteroatoms. The molecule has 4 rings (SSSR count). The van der Waals surface area contributed by atoms with Gasteiger partial charge in [-0.15, -0.1) is 0 Å². The summed E-state index contributed by atoms with van der Waals surface area (Å²) < 4.78 is 5.05. The second kappa shape index (κ2) is 7.39. The van der Waals surface area contributed by atoms with E-state index >= 15 is 0 Å². The molecule has 146 valence electrons. The van der Waals surface area contributed by atoms with Gasteiger partial charge in [0, 0.05) is 10.9 Å². The maximum absolute atomic E-state index is 13.0. The third kappa shape index (κ3) is 3.12. The van der Waals surface area contributed by atoms with Gasteiger partial charge in [-0.05, 0) is 43.5 Å². The minimum atomic E-state index is -0.768. The third-order valence-electron chi connectivity index (χ3n) is 5.04. The molecule has 1 heterocycles. The highest BCUT2D eigenvalue weighted by atomic mass is 16.5. The number of nitrogens with zero attached hydrogens (tertiary/aromatic N) is 1. The number of para-hydroxylation sites is 1. The molecule has 1 aliphatic rings. The lowest BCUT2D eigenvalue weighted by atomic mass is 10.1. The van der Waals surface area contributed by atoms with Crippen molar-refractivity contribution in [3.63, 3.8) is 0 Å². The van der Waals surface area contributed by atoms with Crippen LogP contribution in [0.4, 0.5) is 11.4 Å². The van der Waals surface area contributed by atoms with Gasteiger partial charge in [0.05, 0.1) is 23.5 Å². The van der Waals surface area contributed by atoms with Gasteiger partial charge in [0.15, 0.2) is 0 Å². The summed E-state index contributed by atoms with van der Waals surface area (Å²) in [4.78, 5) is 39.7.